The number of hydrogen-bond donors (Lipinski definition) is 4. The molecule has 0 aromatic heterocycles. The molecule has 2 aromatic rings. The average molecular weight is 669 g/mol. The quantitative estimate of drug-likeness (QED) is 0.147. The molecule has 0 fully saturated rings. The second-order valence-electron chi connectivity index (χ2n) is 13.7. The zero-order valence-corrected chi connectivity index (χ0v) is 29.2. The van der Waals surface area contributed by atoms with Crippen LogP contribution >= 0.6 is 0 Å². The van der Waals surface area contributed by atoms with Gasteiger partial charge in [0.2, 0.25) is 17.7 Å². The van der Waals surface area contributed by atoms with Crippen LogP contribution in [0.5, 0.6) is 5.75 Å². The van der Waals surface area contributed by atoms with E-state index in [1.165, 1.54) is 17.0 Å². The van der Waals surface area contributed by atoms with Crippen LogP contribution in [0.4, 0.5) is 4.79 Å². The molecule has 2 rings (SSSR count). The van der Waals surface area contributed by atoms with E-state index in [1.54, 1.807) is 53.7 Å². The van der Waals surface area contributed by atoms with Gasteiger partial charge in [-0.2, -0.15) is 0 Å². The molecule has 3 atom stereocenters. The molecule has 0 aliphatic carbocycles. The number of ether oxygens (including phenoxy) is 2. The third-order valence-electron chi connectivity index (χ3n) is 7.04. The number of primary amides is 1. The Labute approximate surface area is 283 Å². The van der Waals surface area contributed by atoms with Gasteiger partial charge in [0, 0.05) is 24.9 Å². The summed E-state index contributed by atoms with van der Waals surface area (Å²) in [7, 11) is 0. The van der Waals surface area contributed by atoms with E-state index in [-0.39, 0.29) is 37.1 Å². The third-order valence-corrected chi connectivity index (χ3v) is 7.04. The molecule has 2 aromatic carbocycles. The number of rotatable bonds is 16. The maximum atomic E-state index is 14.4. The van der Waals surface area contributed by atoms with Gasteiger partial charge in [-0.25, -0.2) is 9.59 Å². The van der Waals surface area contributed by atoms with Gasteiger partial charge in [0.15, 0.2) is 0 Å². The Bertz CT molecular complexity index is 1380. The molecule has 5 N–H and O–H groups in total. The summed E-state index contributed by atoms with van der Waals surface area (Å²) < 4.78 is 11.0. The molecule has 12 heteroatoms. The number of alkyl carbamates (subject to hydrolysis) is 1. The number of carbonyl (C=O) groups excluding carboxylic acids is 5. The van der Waals surface area contributed by atoms with Gasteiger partial charge in [-0.05, 0) is 66.0 Å². The molecule has 0 radical (unpaired) electrons. The molecule has 12 nitrogen and oxygen atoms in total. The molecule has 48 heavy (non-hydrogen) atoms. The Balaban J connectivity index is 2.64. The Hall–Kier alpha value is -4.61. The third kappa shape index (κ3) is 13.6. The fourth-order valence-corrected chi connectivity index (χ4v) is 4.93. The highest BCUT2D eigenvalue weighted by Crippen LogP contribution is 2.31. The molecular weight excluding hydrogens is 616 g/mol. The summed E-state index contributed by atoms with van der Waals surface area (Å²) in [6.45, 7) is 12.2. The van der Waals surface area contributed by atoms with Crippen LogP contribution in [0.15, 0.2) is 54.6 Å². The van der Waals surface area contributed by atoms with Crippen LogP contribution in [0.25, 0.3) is 0 Å². The Morgan fingerprint density at radius 1 is 0.833 bits per heavy atom. The number of aromatic hydroxyl groups is 1. The molecule has 0 heterocycles. The SMILES string of the molecule is CCCCCN(C(=O)C(CCC(N)=O)NC(=O)OC(C)(C)C)C(C(=O)NC(Cc1ccccc1)C(=O)OC(C)(C)C)c1ccccc1O. The number of esters is 1. The number of nitrogens with zero attached hydrogens (tertiary/aromatic N) is 1. The smallest absolute Gasteiger partial charge is 0.408 e. The Morgan fingerprint density at radius 2 is 1.44 bits per heavy atom. The van der Waals surface area contributed by atoms with E-state index < -0.39 is 59.1 Å². The number of benzene rings is 2. The first-order valence-electron chi connectivity index (χ1n) is 16.3. The first-order chi connectivity index (χ1) is 22.4. The minimum Gasteiger partial charge on any atom is -0.508 e. The Kier molecular flexibility index (Phi) is 14.9. The predicted octanol–water partition coefficient (Wildman–Crippen LogP) is 4.68. The molecule has 4 amide bonds. The summed E-state index contributed by atoms with van der Waals surface area (Å²) >= 11 is 0. The molecule has 0 aliphatic rings. The van der Waals surface area contributed by atoms with Gasteiger partial charge in [-0.3, -0.25) is 14.4 Å². The van der Waals surface area contributed by atoms with Crippen molar-refractivity contribution >= 4 is 29.8 Å². The number of phenolic OH excluding ortho intramolecular Hbond substituents is 1. The van der Waals surface area contributed by atoms with Crippen molar-refractivity contribution in [2.75, 3.05) is 6.54 Å². The van der Waals surface area contributed by atoms with Crippen molar-refractivity contribution in [3.63, 3.8) is 0 Å². The predicted molar refractivity (Wildman–Crippen MR) is 182 cm³/mol. The van der Waals surface area contributed by atoms with Crippen LogP contribution < -0.4 is 16.4 Å². The lowest BCUT2D eigenvalue weighted by molar-refractivity contribution is -0.159. The number of nitrogens with one attached hydrogen (secondary N) is 2. The van der Waals surface area contributed by atoms with E-state index in [1.807, 2.05) is 37.3 Å². The first kappa shape index (κ1) is 39.6. The minimum absolute atomic E-state index is 0.0535. The lowest BCUT2D eigenvalue weighted by Crippen LogP contribution is -2.55. The van der Waals surface area contributed by atoms with Crippen molar-refractivity contribution in [1.29, 1.82) is 0 Å². The lowest BCUT2D eigenvalue weighted by Gasteiger charge is -2.35. The van der Waals surface area contributed by atoms with E-state index in [0.29, 0.717) is 12.8 Å². The summed E-state index contributed by atoms with van der Waals surface area (Å²) in [5.41, 5.74) is 4.54. The Morgan fingerprint density at radius 3 is 2.00 bits per heavy atom. The summed E-state index contributed by atoms with van der Waals surface area (Å²) in [6.07, 6.45) is 0.791. The van der Waals surface area contributed by atoms with E-state index >= 15 is 0 Å². The zero-order chi connectivity index (χ0) is 36.1. The van der Waals surface area contributed by atoms with Crippen LogP contribution in [0.3, 0.4) is 0 Å². The van der Waals surface area contributed by atoms with Crippen LogP contribution in [0.1, 0.15) is 97.7 Å². The normalized spacial score (nSPS) is 13.4. The van der Waals surface area contributed by atoms with Crippen LogP contribution in [0, 0.1) is 0 Å². The highest BCUT2D eigenvalue weighted by Gasteiger charge is 2.39. The van der Waals surface area contributed by atoms with Crippen molar-refractivity contribution in [2.45, 2.75) is 116 Å². The topological polar surface area (TPSA) is 177 Å². The molecule has 0 saturated heterocycles. The van der Waals surface area contributed by atoms with Crippen molar-refractivity contribution in [3.05, 3.63) is 65.7 Å². The molecule has 0 bridgehead atoms. The highest BCUT2D eigenvalue weighted by atomic mass is 16.6. The van der Waals surface area contributed by atoms with Gasteiger partial charge in [0.05, 0.1) is 0 Å². The van der Waals surface area contributed by atoms with Crippen molar-refractivity contribution in [3.8, 4) is 5.75 Å². The van der Waals surface area contributed by atoms with E-state index in [2.05, 4.69) is 10.6 Å². The summed E-state index contributed by atoms with van der Waals surface area (Å²) in [4.78, 5) is 68.2. The van der Waals surface area contributed by atoms with Crippen molar-refractivity contribution < 1.29 is 38.6 Å². The van der Waals surface area contributed by atoms with Crippen LogP contribution in [-0.4, -0.2) is 69.6 Å². The number of hydrogen-bond acceptors (Lipinski definition) is 8. The molecule has 0 saturated carbocycles. The van der Waals surface area contributed by atoms with Gasteiger partial charge in [0.1, 0.15) is 35.1 Å². The van der Waals surface area contributed by atoms with E-state index in [0.717, 1.165) is 12.0 Å². The van der Waals surface area contributed by atoms with Crippen molar-refractivity contribution in [2.24, 2.45) is 5.73 Å². The zero-order valence-electron chi connectivity index (χ0n) is 29.2. The first-order valence-corrected chi connectivity index (χ1v) is 16.3. The monoisotopic (exact) mass is 668 g/mol. The number of carbonyl (C=O) groups is 5. The molecular formula is C36H52N4O8. The minimum atomic E-state index is -1.44. The molecule has 264 valence electrons. The highest BCUT2D eigenvalue weighted by molar-refractivity contribution is 5.94. The number of phenols is 1. The van der Waals surface area contributed by atoms with Crippen molar-refractivity contribution in [1.82, 2.24) is 15.5 Å². The maximum Gasteiger partial charge on any atom is 0.408 e. The van der Waals surface area contributed by atoms with Crippen LogP contribution in [0.2, 0.25) is 0 Å². The summed E-state index contributed by atoms with van der Waals surface area (Å²) in [6, 6.07) is 11.3. The fraction of sp³-hybridized carbons (Fsp3) is 0.528. The number of amides is 4. The molecule has 3 unspecified atom stereocenters. The average Bonchev–Trinajstić information content (AvgIpc) is 2.97. The van der Waals surface area contributed by atoms with Gasteiger partial charge < -0.3 is 35.8 Å². The molecule has 0 aliphatic heterocycles. The maximum absolute atomic E-state index is 14.4. The van der Waals surface area contributed by atoms with E-state index in [4.69, 9.17) is 15.2 Å². The number of nitrogens with two attached hydrogens (primary N) is 1. The molecule has 0 spiro atoms. The van der Waals surface area contributed by atoms with E-state index in [9.17, 15) is 29.1 Å². The van der Waals surface area contributed by atoms with Crippen LogP contribution in [-0.2, 0) is 35.1 Å². The summed E-state index contributed by atoms with van der Waals surface area (Å²) in [5, 5.41) is 16.3. The second kappa shape index (κ2) is 18.1. The van der Waals surface area contributed by atoms with Gasteiger partial charge in [-0.15, -0.1) is 0 Å². The van der Waals surface area contributed by atoms with Gasteiger partial charge in [0.25, 0.3) is 0 Å². The number of unbranched alkanes of at least 4 members (excludes halogenated alkanes) is 2. The largest absolute Gasteiger partial charge is 0.508 e. The van der Waals surface area contributed by atoms with Gasteiger partial charge >= 0.3 is 12.1 Å². The summed E-state index contributed by atoms with van der Waals surface area (Å²) in [5.74, 6) is -3.06. The number of para-hydroxylation sites is 1. The fourth-order valence-electron chi connectivity index (χ4n) is 4.93. The second-order valence-corrected chi connectivity index (χ2v) is 13.7. The standard InChI is InChI=1S/C36H52N4O8/c1-8-9-15-22-40(32(44)26(20-21-29(37)42)39-34(46)48-36(5,6)7)30(25-18-13-14-19-28(25)41)31(43)38-27(33(45)47-35(2,3)4)23-24-16-11-10-12-17-24/h10-14,16-19,26-27,30,41H,8-9,15,20-23H2,1-7H3,(H2,37,42)(H,38,43)(H,39,46). The lowest BCUT2D eigenvalue weighted by atomic mass is 9.99. The van der Waals surface area contributed by atoms with Gasteiger partial charge in [-0.1, -0.05) is 68.3 Å².